The van der Waals surface area contributed by atoms with E-state index in [4.69, 9.17) is 0 Å². The standard InChI is InChI=1S/C16H23N5O/c1-12-5-6-15(13(2)9-12)20(4)16(22)19-14(3)7-8-21-11-17-10-18-21/h5-6,9-11,14H,7-8H2,1-4H3,(H,19,22). The summed E-state index contributed by atoms with van der Waals surface area (Å²) in [6, 6.07) is 6.03. The molecule has 22 heavy (non-hydrogen) atoms. The highest BCUT2D eigenvalue weighted by Gasteiger charge is 2.15. The zero-order valence-electron chi connectivity index (χ0n) is 13.6. The molecule has 0 bridgehead atoms. The lowest BCUT2D eigenvalue weighted by Crippen LogP contribution is -2.42. The number of nitrogens with one attached hydrogen (secondary N) is 1. The second kappa shape index (κ2) is 7.06. The first-order valence-electron chi connectivity index (χ1n) is 7.41. The van der Waals surface area contributed by atoms with Crippen molar-refractivity contribution in [2.24, 2.45) is 0 Å². The molecular formula is C16H23N5O. The number of aromatic nitrogens is 3. The number of benzene rings is 1. The number of rotatable bonds is 5. The molecule has 1 atom stereocenters. The maximum atomic E-state index is 12.3. The van der Waals surface area contributed by atoms with Crippen molar-refractivity contribution >= 4 is 11.7 Å². The molecule has 2 rings (SSSR count). The van der Waals surface area contributed by atoms with Crippen molar-refractivity contribution < 1.29 is 4.79 Å². The van der Waals surface area contributed by atoms with Crippen LogP contribution in [0, 0.1) is 13.8 Å². The number of carbonyl (C=O) groups excluding carboxylic acids is 1. The molecule has 0 saturated carbocycles. The van der Waals surface area contributed by atoms with Crippen LogP contribution in [-0.4, -0.2) is 33.9 Å². The highest BCUT2D eigenvalue weighted by Crippen LogP contribution is 2.20. The molecule has 118 valence electrons. The van der Waals surface area contributed by atoms with Crippen LogP contribution in [-0.2, 0) is 6.54 Å². The van der Waals surface area contributed by atoms with Crippen molar-refractivity contribution in [1.29, 1.82) is 0 Å². The first kappa shape index (κ1) is 16.0. The molecule has 0 aliphatic carbocycles. The minimum Gasteiger partial charge on any atom is -0.335 e. The second-order valence-corrected chi connectivity index (χ2v) is 5.65. The fourth-order valence-electron chi connectivity index (χ4n) is 2.35. The molecule has 2 aromatic rings. The number of aryl methyl sites for hydroxylation is 3. The third-order valence-corrected chi connectivity index (χ3v) is 3.65. The maximum absolute atomic E-state index is 12.3. The molecule has 0 saturated heterocycles. The minimum absolute atomic E-state index is 0.0601. The van der Waals surface area contributed by atoms with Gasteiger partial charge in [-0.15, -0.1) is 0 Å². The van der Waals surface area contributed by atoms with Crippen molar-refractivity contribution in [3.05, 3.63) is 42.0 Å². The van der Waals surface area contributed by atoms with Gasteiger partial charge in [0.2, 0.25) is 0 Å². The first-order valence-corrected chi connectivity index (χ1v) is 7.41. The van der Waals surface area contributed by atoms with E-state index in [0.717, 1.165) is 24.2 Å². The Labute approximate surface area is 131 Å². The number of anilines is 1. The predicted octanol–water partition coefficient (Wildman–Crippen LogP) is 2.52. The number of hydrogen-bond donors (Lipinski definition) is 1. The van der Waals surface area contributed by atoms with Gasteiger partial charge in [-0.3, -0.25) is 9.58 Å². The summed E-state index contributed by atoms with van der Waals surface area (Å²) in [6.07, 6.45) is 3.99. The van der Waals surface area contributed by atoms with Gasteiger partial charge in [0, 0.05) is 25.3 Å². The van der Waals surface area contributed by atoms with Gasteiger partial charge >= 0.3 is 6.03 Å². The molecule has 6 nitrogen and oxygen atoms in total. The quantitative estimate of drug-likeness (QED) is 0.923. The Morgan fingerprint density at radius 3 is 2.82 bits per heavy atom. The fraction of sp³-hybridized carbons (Fsp3) is 0.438. The molecule has 6 heteroatoms. The van der Waals surface area contributed by atoms with Crippen molar-refractivity contribution in [2.45, 2.75) is 39.8 Å². The summed E-state index contributed by atoms with van der Waals surface area (Å²) < 4.78 is 1.76. The Kier molecular flexibility index (Phi) is 5.14. The van der Waals surface area contributed by atoms with Gasteiger partial charge < -0.3 is 5.32 Å². The normalized spacial score (nSPS) is 12.0. The van der Waals surface area contributed by atoms with Crippen molar-refractivity contribution in [1.82, 2.24) is 20.1 Å². The lowest BCUT2D eigenvalue weighted by Gasteiger charge is -2.23. The summed E-state index contributed by atoms with van der Waals surface area (Å²) in [5.41, 5.74) is 3.20. The van der Waals surface area contributed by atoms with Crippen LogP contribution in [0.2, 0.25) is 0 Å². The summed E-state index contributed by atoms with van der Waals surface area (Å²) in [4.78, 5) is 17.9. The van der Waals surface area contributed by atoms with E-state index in [1.165, 1.54) is 11.9 Å². The zero-order chi connectivity index (χ0) is 16.1. The third-order valence-electron chi connectivity index (χ3n) is 3.65. The van der Waals surface area contributed by atoms with Gasteiger partial charge in [0.1, 0.15) is 12.7 Å². The Balaban J connectivity index is 1.90. The van der Waals surface area contributed by atoms with Crippen LogP contribution in [0.5, 0.6) is 0 Å². The second-order valence-electron chi connectivity index (χ2n) is 5.65. The van der Waals surface area contributed by atoms with Crippen LogP contribution in [0.4, 0.5) is 10.5 Å². The highest BCUT2D eigenvalue weighted by molar-refractivity contribution is 5.92. The average Bonchev–Trinajstić information content (AvgIpc) is 2.97. The molecule has 0 aliphatic heterocycles. The van der Waals surface area contributed by atoms with Crippen LogP contribution >= 0.6 is 0 Å². The van der Waals surface area contributed by atoms with Gasteiger partial charge in [0.25, 0.3) is 0 Å². The third kappa shape index (κ3) is 4.07. The van der Waals surface area contributed by atoms with E-state index in [2.05, 4.69) is 21.5 Å². The van der Waals surface area contributed by atoms with Crippen LogP contribution in [0.25, 0.3) is 0 Å². The summed E-state index contributed by atoms with van der Waals surface area (Å²) in [6.45, 7) is 6.78. The molecule has 1 unspecified atom stereocenters. The van der Waals surface area contributed by atoms with E-state index in [9.17, 15) is 4.79 Å². The SMILES string of the molecule is Cc1ccc(N(C)C(=O)NC(C)CCn2cncn2)c(C)c1. The highest BCUT2D eigenvalue weighted by atomic mass is 16.2. The molecule has 1 heterocycles. The number of nitrogens with zero attached hydrogens (tertiary/aromatic N) is 4. The number of urea groups is 1. The average molecular weight is 301 g/mol. The Morgan fingerprint density at radius 1 is 1.41 bits per heavy atom. The predicted molar refractivity (Wildman–Crippen MR) is 87.0 cm³/mol. The Hall–Kier alpha value is -2.37. The van der Waals surface area contributed by atoms with E-state index >= 15 is 0 Å². The summed E-state index contributed by atoms with van der Waals surface area (Å²) in [7, 11) is 1.79. The molecule has 0 aliphatic rings. The molecule has 1 aromatic heterocycles. The monoisotopic (exact) mass is 301 g/mol. The van der Waals surface area contributed by atoms with Crippen LogP contribution in [0.1, 0.15) is 24.5 Å². The smallest absolute Gasteiger partial charge is 0.321 e. The van der Waals surface area contributed by atoms with E-state index in [1.807, 2.05) is 32.9 Å². The lowest BCUT2D eigenvalue weighted by molar-refractivity contribution is 0.243. The van der Waals surface area contributed by atoms with Gasteiger partial charge in [-0.25, -0.2) is 9.78 Å². The van der Waals surface area contributed by atoms with Crippen molar-refractivity contribution in [3.63, 3.8) is 0 Å². The lowest BCUT2D eigenvalue weighted by atomic mass is 10.1. The zero-order valence-corrected chi connectivity index (χ0v) is 13.6. The number of hydrogen-bond acceptors (Lipinski definition) is 3. The summed E-state index contributed by atoms with van der Waals surface area (Å²) in [5, 5.41) is 7.06. The molecule has 0 radical (unpaired) electrons. The number of carbonyl (C=O) groups is 1. The molecule has 1 N–H and O–H groups in total. The van der Waals surface area contributed by atoms with Crippen LogP contribution in [0.15, 0.2) is 30.9 Å². The molecular weight excluding hydrogens is 278 g/mol. The maximum Gasteiger partial charge on any atom is 0.321 e. The fourth-order valence-corrected chi connectivity index (χ4v) is 2.35. The molecule has 0 spiro atoms. The summed E-state index contributed by atoms with van der Waals surface area (Å²) >= 11 is 0. The van der Waals surface area contributed by atoms with Gasteiger partial charge in [0.05, 0.1) is 0 Å². The van der Waals surface area contributed by atoms with Crippen LogP contribution < -0.4 is 10.2 Å². The van der Waals surface area contributed by atoms with Gasteiger partial charge in [-0.2, -0.15) is 5.10 Å². The molecule has 2 amide bonds. The van der Waals surface area contributed by atoms with Gasteiger partial charge in [0.15, 0.2) is 0 Å². The minimum atomic E-state index is -0.0990. The van der Waals surface area contributed by atoms with Gasteiger partial charge in [-0.1, -0.05) is 17.7 Å². The number of amides is 2. The molecule has 0 fully saturated rings. The van der Waals surface area contributed by atoms with Crippen molar-refractivity contribution in [2.75, 3.05) is 11.9 Å². The van der Waals surface area contributed by atoms with E-state index in [0.29, 0.717) is 0 Å². The Bertz CT molecular complexity index is 623. The van der Waals surface area contributed by atoms with Gasteiger partial charge in [-0.05, 0) is 38.8 Å². The van der Waals surface area contributed by atoms with E-state index < -0.39 is 0 Å². The Morgan fingerprint density at radius 2 is 2.18 bits per heavy atom. The summed E-state index contributed by atoms with van der Waals surface area (Å²) in [5.74, 6) is 0. The van der Waals surface area contributed by atoms with E-state index in [1.54, 1.807) is 23.0 Å². The first-order chi connectivity index (χ1) is 10.5. The van der Waals surface area contributed by atoms with Crippen molar-refractivity contribution in [3.8, 4) is 0 Å². The largest absolute Gasteiger partial charge is 0.335 e. The van der Waals surface area contributed by atoms with E-state index in [-0.39, 0.29) is 12.1 Å². The topological polar surface area (TPSA) is 63.1 Å². The molecule has 1 aromatic carbocycles. The van der Waals surface area contributed by atoms with Crippen LogP contribution in [0.3, 0.4) is 0 Å².